The molecule has 2 aliphatic rings. The van der Waals surface area contributed by atoms with Gasteiger partial charge < -0.3 is 16.2 Å². The number of nitrogens with one attached hydrogen (secondary N) is 1. The number of ketones is 2. The minimum atomic E-state index is -1.04. The first kappa shape index (κ1) is 26.5. The van der Waals surface area contributed by atoms with Gasteiger partial charge in [0.25, 0.3) is 0 Å². The van der Waals surface area contributed by atoms with Crippen LogP contribution in [-0.4, -0.2) is 53.7 Å². The van der Waals surface area contributed by atoms with E-state index in [1.165, 1.54) is 24.3 Å². The van der Waals surface area contributed by atoms with Crippen molar-refractivity contribution in [3.05, 3.63) is 69.5 Å². The van der Waals surface area contributed by atoms with Gasteiger partial charge in [0.1, 0.15) is 5.82 Å². The second-order valence-corrected chi connectivity index (χ2v) is 8.96. The van der Waals surface area contributed by atoms with Crippen LogP contribution in [0, 0.1) is 5.82 Å². The fourth-order valence-corrected chi connectivity index (χ4v) is 4.76. The van der Waals surface area contributed by atoms with E-state index in [0.29, 0.717) is 35.5 Å². The van der Waals surface area contributed by atoms with Crippen molar-refractivity contribution in [2.75, 3.05) is 25.5 Å². The molecular formula is C26H29ClFN3O4. The summed E-state index contributed by atoms with van der Waals surface area (Å²) in [5.41, 5.74) is 9.37. The summed E-state index contributed by atoms with van der Waals surface area (Å²) in [6.45, 7) is 2.02. The Morgan fingerprint density at radius 3 is 2.69 bits per heavy atom. The van der Waals surface area contributed by atoms with Gasteiger partial charge in [-0.1, -0.05) is 6.07 Å². The van der Waals surface area contributed by atoms with Crippen molar-refractivity contribution in [3.63, 3.8) is 0 Å². The zero-order valence-corrected chi connectivity index (χ0v) is 20.3. The summed E-state index contributed by atoms with van der Waals surface area (Å²) < 4.78 is 14.0. The Hall–Kier alpha value is -3.07. The highest BCUT2D eigenvalue weighted by Crippen LogP contribution is 2.30. The average Bonchev–Trinajstić information content (AvgIpc) is 2.79. The summed E-state index contributed by atoms with van der Waals surface area (Å²) in [6, 6.07) is 7.41. The SMILES string of the molecule is CNc1cc(F)cc2c1CC(=O)C(C(=O)Cc1ccc(C(=O)O)cc1CN1CCCC(N)C1)=C2.Cl. The van der Waals surface area contributed by atoms with Crippen LogP contribution in [0.4, 0.5) is 10.1 Å². The lowest BCUT2D eigenvalue weighted by molar-refractivity contribution is -0.120. The molecule has 0 spiro atoms. The summed E-state index contributed by atoms with van der Waals surface area (Å²) >= 11 is 0. The van der Waals surface area contributed by atoms with Crippen LogP contribution in [0.2, 0.25) is 0 Å². The molecule has 1 heterocycles. The monoisotopic (exact) mass is 501 g/mol. The quantitative estimate of drug-likeness (QED) is 0.499. The van der Waals surface area contributed by atoms with Crippen LogP contribution in [0.15, 0.2) is 35.9 Å². The lowest BCUT2D eigenvalue weighted by Gasteiger charge is -2.31. The van der Waals surface area contributed by atoms with E-state index in [9.17, 15) is 23.9 Å². The Balaban J connectivity index is 0.00000342. The van der Waals surface area contributed by atoms with E-state index in [-0.39, 0.29) is 54.0 Å². The van der Waals surface area contributed by atoms with E-state index in [1.807, 2.05) is 0 Å². The third-order valence-electron chi connectivity index (χ3n) is 6.50. The number of likely N-dealkylation sites (tertiary alicyclic amines) is 1. The second kappa shape index (κ2) is 11.1. The topological polar surface area (TPSA) is 113 Å². The number of allylic oxidation sites excluding steroid dienone is 1. The van der Waals surface area contributed by atoms with Crippen molar-refractivity contribution in [1.82, 2.24) is 4.90 Å². The third kappa shape index (κ3) is 5.96. The van der Waals surface area contributed by atoms with Crippen LogP contribution in [0.5, 0.6) is 0 Å². The Bertz CT molecular complexity index is 1200. The molecule has 4 N–H and O–H groups in total. The number of carboxylic acid groups (broad SMARTS) is 1. The Labute approximate surface area is 209 Å². The maximum Gasteiger partial charge on any atom is 0.335 e. The predicted octanol–water partition coefficient (Wildman–Crippen LogP) is 3.23. The molecule has 7 nitrogen and oxygen atoms in total. The zero-order valence-electron chi connectivity index (χ0n) is 19.5. The number of hydrogen-bond donors (Lipinski definition) is 3. The normalized spacial score (nSPS) is 17.7. The average molecular weight is 502 g/mol. The minimum Gasteiger partial charge on any atom is -0.478 e. The number of rotatable bonds is 7. The molecule has 2 aromatic rings. The van der Waals surface area contributed by atoms with Crippen LogP contribution in [0.3, 0.4) is 0 Å². The van der Waals surface area contributed by atoms with Gasteiger partial charge in [-0.3, -0.25) is 14.5 Å². The fourth-order valence-electron chi connectivity index (χ4n) is 4.76. The van der Waals surface area contributed by atoms with E-state index in [1.54, 1.807) is 19.2 Å². The van der Waals surface area contributed by atoms with Gasteiger partial charge in [-0.05, 0) is 72.0 Å². The Kier molecular flexibility index (Phi) is 8.43. The van der Waals surface area contributed by atoms with Gasteiger partial charge in [0.05, 0.1) is 11.1 Å². The maximum absolute atomic E-state index is 14.0. The first-order chi connectivity index (χ1) is 16.2. The highest BCUT2D eigenvalue weighted by atomic mass is 35.5. The van der Waals surface area contributed by atoms with Gasteiger partial charge in [-0.15, -0.1) is 12.4 Å². The zero-order chi connectivity index (χ0) is 24.4. The number of carbonyl (C=O) groups excluding carboxylic acids is 2. The van der Waals surface area contributed by atoms with Gasteiger partial charge in [0, 0.05) is 44.7 Å². The first-order valence-corrected chi connectivity index (χ1v) is 11.4. The van der Waals surface area contributed by atoms with Gasteiger partial charge in [0.15, 0.2) is 11.6 Å². The number of aromatic carboxylic acids is 1. The molecule has 0 saturated carbocycles. The van der Waals surface area contributed by atoms with Crippen molar-refractivity contribution in [1.29, 1.82) is 0 Å². The predicted molar refractivity (Wildman–Crippen MR) is 134 cm³/mol. The summed E-state index contributed by atoms with van der Waals surface area (Å²) in [5, 5.41) is 12.3. The van der Waals surface area contributed by atoms with Crippen LogP contribution in [-0.2, 0) is 29.0 Å². The number of carboxylic acids is 1. The van der Waals surface area contributed by atoms with Crippen molar-refractivity contribution >= 4 is 41.7 Å². The fraction of sp³-hybridized carbons (Fsp3) is 0.346. The minimum absolute atomic E-state index is 0. The van der Waals surface area contributed by atoms with Crippen molar-refractivity contribution in [3.8, 4) is 0 Å². The van der Waals surface area contributed by atoms with Gasteiger partial charge in [-0.25, -0.2) is 9.18 Å². The van der Waals surface area contributed by atoms with Gasteiger partial charge in [0.2, 0.25) is 0 Å². The number of Topliss-reactive ketones (excluding diaryl/α,β-unsaturated/α-hetero) is 2. The first-order valence-electron chi connectivity index (χ1n) is 11.4. The van der Waals surface area contributed by atoms with Crippen LogP contribution < -0.4 is 11.1 Å². The molecule has 35 heavy (non-hydrogen) atoms. The summed E-state index contributed by atoms with van der Waals surface area (Å²) in [4.78, 5) is 39.7. The number of anilines is 1. The van der Waals surface area contributed by atoms with Gasteiger partial charge >= 0.3 is 5.97 Å². The molecule has 1 unspecified atom stereocenters. The van der Waals surface area contributed by atoms with Crippen LogP contribution in [0.1, 0.15) is 45.5 Å². The number of nitrogens with zero attached hydrogens (tertiary/aromatic N) is 1. The van der Waals surface area contributed by atoms with Crippen molar-refractivity contribution < 1.29 is 23.9 Å². The molecule has 1 aliphatic heterocycles. The highest BCUT2D eigenvalue weighted by molar-refractivity contribution is 6.25. The summed E-state index contributed by atoms with van der Waals surface area (Å²) in [5.74, 6) is -2.18. The van der Waals surface area contributed by atoms with E-state index in [0.717, 1.165) is 24.9 Å². The standard InChI is InChI=1S/C26H28FN3O4.ClH/c1-29-23-11-19(27)8-17-9-22(25(32)12-21(17)23)24(31)10-15-4-5-16(26(33)34)7-18(15)13-30-6-2-3-20(28)14-30;/h4-5,7-9,11,20,29H,2-3,6,10,12-14,28H2,1H3,(H,33,34);1H. The molecular weight excluding hydrogens is 473 g/mol. The number of carbonyl (C=O) groups is 3. The molecule has 9 heteroatoms. The lowest BCUT2D eigenvalue weighted by atomic mass is 9.86. The Morgan fingerprint density at radius 1 is 1.23 bits per heavy atom. The number of benzene rings is 2. The molecule has 1 saturated heterocycles. The second-order valence-electron chi connectivity index (χ2n) is 8.96. The van der Waals surface area contributed by atoms with E-state index < -0.39 is 11.8 Å². The van der Waals surface area contributed by atoms with Crippen molar-refractivity contribution in [2.45, 2.75) is 38.3 Å². The van der Waals surface area contributed by atoms with Crippen molar-refractivity contribution in [2.24, 2.45) is 5.73 Å². The number of hydrogen-bond acceptors (Lipinski definition) is 6. The van der Waals surface area contributed by atoms with E-state index in [2.05, 4.69) is 10.2 Å². The van der Waals surface area contributed by atoms with Crippen LogP contribution in [0.25, 0.3) is 6.08 Å². The van der Waals surface area contributed by atoms with E-state index >= 15 is 0 Å². The molecule has 0 amide bonds. The molecule has 1 aliphatic carbocycles. The lowest BCUT2D eigenvalue weighted by Crippen LogP contribution is -2.42. The molecule has 2 aromatic carbocycles. The molecule has 1 atom stereocenters. The van der Waals surface area contributed by atoms with E-state index in [4.69, 9.17) is 5.73 Å². The largest absolute Gasteiger partial charge is 0.478 e. The number of nitrogens with two attached hydrogens (primary N) is 1. The Morgan fingerprint density at radius 2 is 2.00 bits per heavy atom. The molecule has 0 bridgehead atoms. The highest BCUT2D eigenvalue weighted by Gasteiger charge is 2.27. The molecule has 186 valence electrons. The third-order valence-corrected chi connectivity index (χ3v) is 6.50. The van der Waals surface area contributed by atoms with Crippen LogP contribution >= 0.6 is 12.4 Å². The maximum atomic E-state index is 14.0. The molecule has 0 aromatic heterocycles. The number of piperidine rings is 1. The summed E-state index contributed by atoms with van der Waals surface area (Å²) in [7, 11) is 1.65. The summed E-state index contributed by atoms with van der Waals surface area (Å²) in [6.07, 6.45) is 3.34. The molecule has 0 radical (unpaired) electrons. The number of fused-ring (bicyclic) bond motifs is 1. The number of halogens is 2. The molecule has 4 rings (SSSR count). The smallest absolute Gasteiger partial charge is 0.335 e. The molecule has 1 fully saturated rings. The van der Waals surface area contributed by atoms with Gasteiger partial charge in [-0.2, -0.15) is 0 Å².